The fraction of sp³-hybridized carbons (Fsp3) is 1.00. The van der Waals surface area contributed by atoms with Crippen LogP contribution >= 0.6 is 0 Å². The van der Waals surface area contributed by atoms with Gasteiger partial charge in [0.05, 0.1) is 26.7 Å². The first-order valence-electron chi connectivity index (χ1n) is 4.49. The Labute approximate surface area is 64.6 Å². The second kappa shape index (κ2) is 2.91. The lowest BCUT2D eigenvalue weighted by Gasteiger charge is -2.31. The molecule has 0 aromatic carbocycles. The molecule has 0 aliphatic carbocycles. The van der Waals surface area contributed by atoms with E-state index >= 15 is 0 Å². The Bertz CT molecular complexity index is 107. The Morgan fingerprint density at radius 3 is 2.50 bits per heavy atom. The first-order chi connectivity index (χ1) is 4.67. The van der Waals surface area contributed by atoms with Gasteiger partial charge in [0.1, 0.15) is 0 Å². The van der Waals surface area contributed by atoms with E-state index < -0.39 is 0 Å². The van der Waals surface area contributed by atoms with Crippen molar-refractivity contribution < 1.29 is 4.48 Å². The summed E-state index contributed by atoms with van der Waals surface area (Å²) in [6, 6.07) is 0.963. The zero-order valence-corrected chi connectivity index (χ0v) is 7.56. The van der Waals surface area contributed by atoms with Gasteiger partial charge in [0.25, 0.3) is 0 Å². The molecule has 0 N–H and O–H groups in total. The fourth-order valence-electron chi connectivity index (χ4n) is 2.09. The summed E-state index contributed by atoms with van der Waals surface area (Å²) in [6.45, 7) is 3.68. The molecule has 10 heavy (non-hydrogen) atoms. The van der Waals surface area contributed by atoms with E-state index in [1.54, 1.807) is 0 Å². The van der Waals surface area contributed by atoms with E-state index in [0.29, 0.717) is 0 Å². The minimum atomic E-state index is 0.963. The van der Waals surface area contributed by atoms with Crippen molar-refractivity contribution in [1.29, 1.82) is 0 Å². The van der Waals surface area contributed by atoms with Crippen LogP contribution in [-0.4, -0.2) is 31.2 Å². The van der Waals surface area contributed by atoms with Crippen molar-refractivity contribution in [2.45, 2.75) is 38.6 Å². The summed E-state index contributed by atoms with van der Waals surface area (Å²) < 4.78 is 1.27. The van der Waals surface area contributed by atoms with E-state index in [1.165, 1.54) is 36.7 Å². The Kier molecular flexibility index (Phi) is 2.35. The van der Waals surface area contributed by atoms with Gasteiger partial charge in [-0.15, -0.1) is 0 Å². The molecule has 0 amide bonds. The highest BCUT2D eigenvalue weighted by atomic mass is 15.3. The van der Waals surface area contributed by atoms with Crippen LogP contribution in [0.4, 0.5) is 0 Å². The molecular weight excluding hydrogens is 122 g/mol. The molecule has 1 aliphatic heterocycles. The lowest BCUT2D eigenvalue weighted by Crippen LogP contribution is -2.43. The van der Waals surface area contributed by atoms with Crippen LogP contribution < -0.4 is 0 Å². The number of nitrogens with zero attached hydrogens (tertiary/aromatic N) is 1. The summed E-state index contributed by atoms with van der Waals surface area (Å²) in [5, 5.41) is 0. The molecule has 60 valence electrons. The summed E-state index contributed by atoms with van der Waals surface area (Å²) in [4.78, 5) is 0. The van der Waals surface area contributed by atoms with Gasteiger partial charge in [0, 0.05) is 12.8 Å². The highest BCUT2D eigenvalue weighted by Crippen LogP contribution is 2.25. The van der Waals surface area contributed by atoms with Crippen molar-refractivity contribution in [2.24, 2.45) is 0 Å². The van der Waals surface area contributed by atoms with Gasteiger partial charge in [-0.05, 0) is 6.42 Å². The van der Waals surface area contributed by atoms with Gasteiger partial charge >= 0.3 is 0 Å². The molecule has 1 heteroatoms. The first kappa shape index (κ1) is 8.06. The van der Waals surface area contributed by atoms with Crippen molar-refractivity contribution in [2.75, 3.05) is 20.6 Å². The van der Waals surface area contributed by atoms with Gasteiger partial charge in [0.15, 0.2) is 0 Å². The topological polar surface area (TPSA) is 0 Å². The van der Waals surface area contributed by atoms with Crippen LogP contribution in [-0.2, 0) is 0 Å². The average molecular weight is 142 g/mol. The Morgan fingerprint density at radius 1 is 1.40 bits per heavy atom. The number of quaternary nitrogens is 1. The standard InChI is InChI=1S/C9H20N/c1-4-6-9-7-5-8-10(9,2)3/h9H,4-8H2,1-3H3/q+1. The van der Waals surface area contributed by atoms with Crippen LogP contribution in [0, 0.1) is 0 Å². The molecule has 1 fully saturated rings. The number of likely N-dealkylation sites (tertiary alicyclic amines) is 1. The molecule has 1 nitrogen and oxygen atoms in total. The molecule has 1 rings (SSSR count). The van der Waals surface area contributed by atoms with Gasteiger partial charge in [-0.3, -0.25) is 0 Å². The molecule has 1 aliphatic rings. The molecule has 0 bridgehead atoms. The van der Waals surface area contributed by atoms with E-state index in [9.17, 15) is 0 Å². The van der Waals surface area contributed by atoms with Crippen LogP contribution in [0.2, 0.25) is 0 Å². The van der Waals surface area contributed by atoms with Crippen LogP contribution in [0.3, 0.4) is 0 Å². The van der Waals surface area contributed by atoms with E-state index in [0.717, 1.165) is 6.04 Å². The highest BCUT2D eigenvalue weighted by molar-refractivity contribution is 4.64. The Morgan fingerprint density at radius 2 is 2.10 bits per heavy atom. The number of hydrogen-bond acceptors (Lipinski definition) is 0. The Hall–Kier alpha value is -0.0400. The summed E-state index contributed by atoms with van der Waals surface area (Å²) >= 11 is 0. The first-order valence-corrected chi connectivity index (χ1v) is 4.49. The predicted octanol–water partition coefficient (Wildman–Crippen LogP) is 2.03. The second-order valence-corrected chi connectivity index (χ2v) is 4.09. The average Bonchev–Trinajstić information content (AvgIpc) is 2.13. The van der Waals surface area contributed by atoms with Crippen molar-refractivity contribution in [3.05, 3.63) is 0 Å². The minimum absolute atomic E-state index is 0.963. The molecule has 1 heterocycles. The maximum Gasteiger partial charge on any atom is 0.0888 e. The van der Waals surface area contributed by atoms with Crippen LogP contribution in [0.1, 0.15) is 32.6 Å². The number of rotatable bonds is 2. The lowest BCUT2D eigenvalue weighted by molar-refractivity contribution is -0.902. The normalized spacial score (nSPS) is 30.9. The van der Waals surface area contributed by atoms with E-state index in [2.05, 4.69) is 21.0 Å². The molecule has 1 unspecified atom stereocenters. The van der Waals surface area contributed by atoms with Crippen molar-refractivity contribution in [3.8, 4) is 0 Å². The zero-order chi connectivity index (χ0) is 7.61. The van der Waals surface area contributed by atoms with Crippen molar-refractivity contribution in [3.63, 3.8) is 0 Å². The molecule has 1 saturated heterocycles. The summed E-state index contributed by atoms with van der Waals surface area (Å²) in [5.41, 5.74) is 0. The lowest BCUT2D eigenvalue weighted by atomic mass is 10.1. The van der Waals surface area contributed by atoms with Gasteiger partial charge in [-0.2, -0.15) is 0 Å². The van der Waals surface area contributed by atoms with E-state index in [4.69, 9.17) is 0 Å². The molecule has 0 saturated carbocycles. The monoisotopic (exact) mass is 142 g/mol. The van der Waals surface area contributed by atoms with Gasteiger partial charge < -0.3 is 4.48 Å². The van der Waals surface area contributed by atoms with Crippen molar-refractivity contribution in [1.82, 2.24) is 0 Å². The highest BCUT2D eigenvalue weighted by Gasteiger charge is 2.32. The van der Waals surface area contributed by atoms with Crippen LogP contribution in [0.5, 0.6) is 0 Å². The smallest absolute Gasteiger partial charge is 0.0888 e. The predicted molar refractivity (Wildman–Crippen MR) is 44.9 cm³/mol. The third-order valence-corrected chi connectivity index (χ3v) is 2.88. The SMILES string of the molecule is CCCC1CCC[N+]1(C)C. The Balaban J connectivity index is 2.43. The van der Waals surface area contributed by atoms with E-state index in [-0.39, 0.29) is 0 Å². The fourth-order valence-corrected chi connectivity index (χ4v) is 2.09. The molecular formula is C9H20N+. The quantitative estimate of drug-likeness (QED) is 0.517. The molecule has 0 aromatic heterocycles. The minimum Gasteiger partial charge on any atom is -0.326 e. The largest absolute Gasteiger partial charge is 0.326 e. The molecule has 0 radical (unpaired) electrons. The second-order valence-electron chi connectivity index (χ2n) is 4.09. The summed E-state index contributed by atoms with van der Waals surface area (Å²) in [6.07, 6.45) is 5.68. The molecule has 0 spiro atoms. The van der Waals surface area contributed by atoms with E-state index in [1.807, 2.05) is 0 Å². The van der Waals surface area contributed by atoms with Gasteiger partial charge in [-0.25, -0.2) is 0 Å². The van der Waals surface area contributed by atoms with Crippen molar-refractivity contribution >= 4 is 0 Å². The summed E-state index contributed by atoms with van der Waals surface area (Å²) in [7, 11) is 4.74. The van der Waals surface area contributed by atoms with Gasteiger partial charge in [-0.1, -0.05) is 13.3 Å². The maximum absolute atomic E-state index is 2.37. The van der Waals surface area contributed by atoms with Gasteiger partial charge in [0.2, 0.25) is 0 Å². The zero-order valence-electron chi connectivity index (χ0n) is 7.56. The van der Waals surface area contributed by atoms with Crippen LogP contribution in [0.15, 0.2) is 0 Å². The molecule has 1 atom stereocenters. The number of hydrogen-bond donors (Lipinski definition) is 0. The summed E-state index contributed by atoms with van der Waals surface area (Å²) in [5.74, 6) is 0. The maximum atomic E-state index is 2.37. The third kappa shape index (κ3) is 1.51. The molecule has 0 aromatic rings. The third-order valence-electron chi connectivity index (χ3n) is 2.88. The van der Waals surface area contributed by atoms with Crippen LogP contribution in [0.25, 0.3) is 0 Å².